The number of methoxy groups -OCH3 is 2. The number of carboxylic acid groups (broad SMARTS) is 1. The Morgan fingerprint density at radius 3 is 2.38 bits per heavy atom. The molecule has 1 aromatic rings. The highest BCUT2D eigenvalue weighted by atomic mass is 16.5. The Labute approximate surface area is 142 Å². The highest BCUT2D eigenvalue weighted by Gasteiger charge is 2.54. The Bertz CT molecular complexity index is 655. The smallest absolute Gasteiger partial charge is 0.228 e. The van der Waals surface area contributed by atoms with Crippen molar-refractivity contribution >= 4 is 17.6 Å². The molecule has 2 atom stereocenters. The fourth-order valence-corrected chi connectivity index (χ4v) is 3.46. The number of benzene rings is 1. The summed E-state index contributed by atoms with van der Waals surface area (Å²) in [5, 5.41) is 14.4. The minimum absolute atomic E-state index is 0.225. The number of hydrogen-bond donors (Lipinski definition) is 1. The minimum atomic E-state index is -1.11. The molecular weight excluding hydrogens is 310 g/mol. The minimum Gasteiger partial charge on any atom is -0.550 e. The number of nitrogens with one attached hydrogen (secondary N) is 1. The monoisotopic (exact) mass is 334 g/mol. The summed E-state index contributed by atoms with van der Waals surface area (Å²) in [6.45, 7) is 5.27. The van der Waals surface area contributed by atoms with Gasteiger partial charge in [-0.2, -0.15) is 0 Å². The van der Waals surface area contributed by atoms with Crippen LogP contribution < -0.4 is 19.9 Å². The average Bonchev–Trinajstić information content (AvgIpc) is 2.78. The van der Waals surface area contributed by atoms with E-state index in [0.29, 0.717) is 30.0 Å². The number of hydrogen-bond acceptors (Lipinski definition) is 5. The van der Waals surface area contributed by atoms with E-state index in [4.69, 9.17) is 9.47 Å². The van der Waals surface area contributed by atoms with Gasteiger partial charge in [-0.05, 0) is 30.4 Å². The predicted octanol–water partition coefficient (Wildman–Crippen LogP) is 1.83. The van der Waals surface area contributed by atoms with Crippen LogP contribution in [0.1, 0.15) is 33.6 Å². The van der Waals surface area contributed by atoms with Crippen molar-refractivity contribution < 1.29 is 24.2 Å². The summed E-state index contributed by atoms with van der Waals surface area (Å²) < 4.78 is 10.4. The van der Waals surface area contributed by atoms with Gasteiger partial charge in [-0.3, -0.25) is 4.79 Å². The van der Waals surface area contributed by atoms with Crippen LogP contribution in [0.2, 0.25) is 0 Å². The van der Waals surface area contributed by atoms with Gasteiger partial charge in [0.2, 0.25) is 5.91 Å². The van der Waals surface area contributed by atoms with Crippen LogP contribution in [0.3, 0.4) is 0 Å². The maximum Gasteiger partial charge on any atom is 0.228 e. The molecule has 1 N–H and O–H groups in total. The molecule has 0 bridgehead atoms. The van der Waals surface area contributed by atoms with Gasteiger partial charge < -0.3 is 24.7 Å². The second-order valence-corrected chi connectivity index (χ2v) is 6.99. The van der Waals surface area contributed by atoms with Crippen molar-refractivity contribution in [3.63, 3.8) is 0 Å². The number of ether oxygens (including phenoxy) is 2. The molecule has 1 saturated carbocycles. The molecule has 0 heterocycles. The Morgan fingerprint density at radius 1 is 1.21 bits per heavy atom. The van der Waals surface area contributed by atoms with E-state index in [9.17, 15) is 14.7 Å². The van der Waals surface area contributed by atoms with Crippen molar-refractivity contribution in [2.24, 2.45) is 16.7 Å². The summed E-state index contributed by atoms with van der Waals surface area (Å²) in [6, 6.07) is 5.12. The Balaban J connectivity index is 2.27. The van der Waals surface area contributed by atoms with Crippen molar-refractivity contribution in [2.45, 2.75) is 33.6 Å². The summed E-state index contributed by atoms with van der Waals surface area (Å²) >= 11 is 0. The van der Waals surface area contributed by atoms with E-state index < -0.39 is 22.7 Å². The number of amides is 1. The molecule has 0 radical (unpaired) electrons. The molecule has 6 nitrogen and oxygen atoms in total. The van der Waals surface area contributed by atoms with E-state index in [-0.39, 0.29) is 5.91 Å². The predicted molar refractivity (Wildman–Crippen MR) is 87.8 cm³/mol. The first-order chi connectivity index (χ1) is 11.2. The van der Waals surface area contributed by atoms with Gasteiger partial charge in [0, 0.05) is 23.4 Å². The molecule has 0 aromatic heterocycles. The van der Waals surface area contributed by atoms with E-state index >= 15 is 0 Å². The van der Waals surface area contributed by atoms with Gasteiger partial charge in [0.1, 0.15) is 11.5 Å². The van der Waals surface area contributed by atoms with Crippen LogP contribution in [-0.2, 0) is 9.59 Å². The number of aliphatic carboxylic acids is 1. The lowest BCUT2D eigenvalue weighted by molar-refractivity contribution is -0.323. The normalized spacial score (nSPS) is 25.1. The van der Waals surface area contributed by atoms with Gasteiger partial charge in [0.25, 0.3) is 0 Å². The van der Waals surface area contributed by atoms with Gasteiger partial charge in [-0.15, -0.1) is 0 Å². The second-order valence-electron chi connectivity index (χ2n) is 6.99. The third-order valence-corrected chi connectivity index (χ3v) is 5.66. The fourth-order valence-electron chi connectivity index (χ4n) is 3.46. The quantitative estimate of drug-likeness (QED) is 0.887. The molecule has 6 heteroatoms. The molecule has 0 saturated heterocycles. The van der Waals surface area contributed by atoms with E-state index in [1.807, 2.05) is 13.8 Å². The molecule has 24 heavy (non-hydrogen) atoms. The van der Waals surface area contributed by atoms with Crippen LogP contribution in [0.25, 0.3) is 0 Å². The molecule has 1 aliphatic carbocycles. The maximum absolute atomic E-state index is 12.8. The third kappa shape index (κ3) is 2.81. The van der Waals surface area contributed by atoms with Gasteiger partial charge in [0.15, 0.2) is 0 Å². The van der Waals surface area contributed by atoms with E-state index in [0.717, 1.165) is 0 Å². The van der Waals surface area contributed by atoms with Gasteiger partial charge in [0.05, 0.1) is 19.9 Å². The van der Waals surface area contributed by atoms with Crippen LogP contribution >= 0.6 is 0 Å². The van der Waals surface area contributed by atoms with Crippen molar-refractivity contribution in [1.29, 1.82) is 0 Å². The zero-order chi connectivity index (χ0) is 18.1. The van der Waals surface area contributed by atoms with Crippen LogP contribution in [0.5, 0.6) is 11.5 Å². The lowest BCUT2D eigenvalue weighted by atomic mass is 9.65. The van der Waals surface area contributed by atoms with Crippen molar-refractivity contribution in [3.8, 4) is 11.5 Å². The van der Waals surface area contributed by atoms with Crippen LogP contribution in [0.4, 0.5) is 5.69 Å². The molecule has 132 valence electrons. The van der Waals surface area contributed by atoms with Gasteiger partial charge >= 0.3 is 0 Å². The Kier molecular flexibility index (Phi) is 4.78. The molecule has 1 fully saturated rings. The zero-order valence-electron chi connectivity index (χ0n) is 14.8. The van der Waals surface area contributed by atoms with E-state index in [1.165, 1.54) is 7.11 Å². The molecule has 0 unspecified atom stereocenters. The molecular formula is C18H24NO5-. The Morgan fingerprint density at radius 2 is 1.88 bits per heavy atom. The first-order valence-electron chi connectivity index (χ1n) is 7.91. The number of rotatable bonds is 5. The van der Waals surface area contributed by atoms with Crippen LogP contribution in [-0.4, -0.2) is 26.1 Å². The Hall–Kier alpha value is -2.24. The number of carbonyl (C=O) groups excluding carboxylic acids is 2. The summed E-state index contributed by atoms with van der Waals surface area (Å²) in [4.78, 5) is 24.4. The maximum atomic E-state index is 12.8. The number of carbonyl (C=O) groups is 2. The largest absolute Gasteiger partial charge is 0.550 e. The third-order valence-electron chi connectivity index (χ3n) is 5.66. The second kappa shape index (κ2) is 6.34. The van der Waals surface area contributed by atoms with Gasteiger partial charge in [-0.1, -0.05) is 20.8 Å². The first kappa shape index (κ1) is 18.1. The molecule has 1 amide bonds. The van der Waals surface area contributed by atoms with Gasteiger partial charge in [-0.25, -0.2) is 0 Å². The molecule has 1 aromatic carbocycles. The number of anilines is 1. The SMILES string of the molecule is COc1ccc(OC)c(NC(=O)[C@@H]2CC[C@@](C)(C(=O)[O-])C2(C)C)c1. The highest BCUT2D eigenvalue weighted by Crippen LogP contribution is 2.56. The summed E-state index contributed by atoms with van der Waals surface area (Å²) in [5.41, 5.74) is -1.25. The standard InChI is InChI=1S/C18H25NO5/c1-17(2)12(8-9-18(17,3)16(21)22)15(20)19-13-10-11(23-4)6-7-14(13)24-5/h6-7,10,12H,8-9H2,1-5H3,(H,19,20)(H,21,22)/p-1/t12-,18-/m0/s1. The summed E-state index contributed by atoms with van der Waals surface area (Å²) in [7, 11) is 3.06. The fraction of sp³-hybridized carbons (Fsp3) is 0.556. The number of carboxylic acids is 1. The average molecular weight is 334 g/mol. The molecule has 1 aliphatic rings. The van der Waals surface area contributed by atoms with Crippen molar-refractivity contribution in [3.05, 3.63) is 18.2 Å². The highest BCUT2D eigenvalue weighted by molar-refractivity contribution is 5.95. The summed E-state index contributed by atoms with van der Waals surface area (Å²) in [5.74, 6) is -0.659. The van der Waals surface area contributed by atoms with Crippen LogP contribution in [0.15, 0.2) is 18.2 Å². The van der Waals surface area contributed by atoms with Crippen molar-refractivity contribution in [1.82, 2.24) is 0 Å². The lowest BCUT2D eigenvalue weighted by Crippen LogP contribution is -2.49. The topological polar surface area (TPSA) is 87.7 Å². The summed E-state index contributed by atoms with van der Waals surface area (Å²) in [6.07, 6.45) is 0.908. The first-order valence-corrected chi connectivity index (χ1v) is 7.91. The van der Waals surface area contributed by atoms with E-state index in [1.54, 1.807) is 32.2 Å². The van der Waals surface area contributed by atoms with E-state index in [2.05, 4.69) is 5.32 Å². The lowest BCUT2D eigenvalue weighted by Gasteiger charge is -2.41. The van der Waals surface area contributed by atoms with Crippen LogP contribution in [0, 0.1) is 16.7 Å². The van der Waals surface area contributed by atoms with Crippen molar-refractivity contribution in [2.75, 3.05) is 19.5 Å². The molecule has 2 rings (SSSR count). The molecule has 0 spiro atoms. The molecule has 0 aliphatic heterocycles. The zero-order valence-corrected chi connectivity index (χ0v) is 14.8.